The molecule has 0 saturated carbocycles. The lowest BCUT2D eigenvalue weighted by molar-refractivity contribution is 0.244. The summed E-state index contributed by atoms with van der Waals surface area (Å²) in [7, 11) is 0. The molecular weight excluding hydrogens is 210 g/mol. The topological polar surface area (TPSA) is 12.5 Å². The van der Waals surface area contributed by atoms with Gasteiger partial charge in [-0.25, -0.2) is 0 Å². The van der Waals surface area contributed by atoms with Crippen LogP contribution in [0, 0.1) is 0 Å². The average Bonchev–Trinajstić information content (AvgIpc) is 2.39. The molecule has 0 bridgehead atoms. The van der Waals surface area contributed by atoms with Crippen molar-refractivity contribution in [2.75, 3.05) is 13.2 Å². The highest BCUT2D eigenvalue weighted by molar-refractivity contribution is 5.61. The van der Waals surface area contributed by atoms with Crippen LogP contribution in [0.5, 0.6) is 0 Å². The Morgan fingerprint density at radius 3 is 3.06 bits per heavy atom. The minimum Gasteiger partial charge on any atom is -0.489 e. The lowest BCUT2D eigenvalue weighted by atomic mass is 9.86. The van der Waals surface area contributed by atoms with Crippen LogP contribution in [-0.4, -0.2) is 18.1 Å². The van der Waals surface area contributed by atoms with E-state index in [1.54, 1.807) is 0 Å². The van der Waals surface area contributed by atoms with E-state index in [1.165, 1.54) is 22.4 Å². The average molecular weight is 223 g/mol. The normalized spacial score (nSPS) is 24.5. The van der Waals surface area contributed by atoms with Crippen LogP contribution in [0.4, 0.5) is 0 Å². The molecule has 1 aliphatic carbocycles. The zero-order chi connectivity index (χ0) is 11.2. The molecule has 3 aliphatic heterocycles. The molecule has 0 saturated heterocycles. The van der Waals surface area contributed by atoms with Gasteiger partial charge in [-0.2, -0.15) is 0 Å². The number of ether oxygens (including phenoxy) is 1. The second kappa shape index (κ2) is 3.27. The maximum absolute atomic E-state index is 5.82. The van der Waals surface area contributed by atoms with Crippen molar-refractivity contribution in [1.29, 1.82) is 0 Å². The molecule has 17 heavy (non-hydrogen) atoms. The third-order valence-corrected chi connectivity index (χ3v) is 3.56. The summed E-state index contributed by atoms with van der Waals surface area (Å²) >= 11 is 0. The smallest absolute Gasteiger partial charge is 0.132 e. The van der Waals surface area contributed by atoms with Gasteiger partial charge >= 0.3 is 0 Å². The molecule has 0 spiro atoms. The van der Waals surface area contributed by atoms with Crippen LogP contribution in [-0.2, 0) is 4.74 Å². The Balaban J connectivity index is 1.92. The monoisotopic (exact) mass is 223 g/mol. The first-order valence-corrected chi connectivity index (χ1v) is 6.01. The van der Waals surface area contributed by atoms with E-state index in [0.717, 1.165) is 18.7 Å². The van der Waals surface area contributed by atoms with Gasteiger partial charge in [-0.1, -0.05) is 18.2 Å². The SMILES string of the molecule is C1=CN2CC=CC3=C2C(=C1)C1=C(C=CCO1)C3. The Hall–Kier alpha value is -1.96. The molecule has 0 atom stereocenters. The number of hydrogen-bond donors (Lipinski definition) is 0. The Morgan fingerprint density at radius 2 is 2.06 bits per heavy atom. The van der Waals surface area contributed by atoms with E-state index in [1.807, 2.05) is 0 Å². The molecule has 4 aliphatic rings. The molecule has 0 radical (unpaired) electrons. The minimum absolute atomic E-state index is 0.693. The second-order valence-corrected chi connectivity index (χ2v) is 4.59. The fourth-order valence-corrected chi connectivity index (χ4v) is 2.86. The summed E-state index contributed by atoms with van der Waals surface area (Å²) in [4.78, 5) is 2.30. The summed E-state index contributed by atoms with van der Waals surface area (Å²) in [5.41, 5.74) is 5.30. The molecule has 4 rings (SSSR count). The van der Waals surface area contributed by atoms with Gasteiger partial charge in [-0.15, -0.1) is 0 Å². The molecule has 0 N–H and O–H groups in total. The van der Waals surface area contributed by atoms with Crippen molar-refractivity contribution in [2.45, 2.75) is 6.42 Å². The van der Waals surface area contributed by atoms with Gasteiger partial charge in [0.1, 0.15) is 12.4 Å². The Morgan fingerprint density at radius 1 is 1.12 bits per heavy atom. The number of nitrogens with zero attached hydrogens (tertiary/aromatic N) is 1. The van der Waals surface area contributed by atoms with Crippen LogP contribution in [0.15, 0.2) is 70.8 Å². The molecule has 84 valence electrons. The summed E-state index contributed by atoms with van der Waals surface area (Å²) < 4.78 is 5.82. The number of hydrogen-bond acceptors (Lipinski definition) is 2. The van der Waals surface area contributed by atoms with Crippen LogP contribution in [0.25, 0.3) is 0 Å². The van der Waals surface area contributed by atoms with Gasteiger partial charge in [0.2, 0.25) is 0 Å². The van der Waals surface area contributed by atoms with Crippen LogP contribution >= 0.6 is 0 Å². The summed E-state index contributed by atoms with van der Waals surface area (Å²) in [6.07, 6.45) is 16.2. The molecule has 3 heterocycles. The van der Waals surface area contributed by atoms with Gasteiger partial charge in [-0.05, 0) is 29.4 Å². The van der Waals surface area contributed by atoms with E-state index in [9.17, 15) is 0 Å². The van der Waals surface area contributed by atoms with Gasteiger partial charge in [0.25, 0.3) is 0 Å². The van der Waals surface area contributed by atoms with E-state index in [0.29, 0.717) is 6.61 Å². The van der Waals surface area contributed by atoms with Gasteiger partial charge in [0, 0.05) is 24.7 Å². The van der Waals surface area contributed by atoms with E-state index >= 15 is 0 Å². The summed E-state index contributed by atoms with van der Waals surface area (Å²) in [5, 5.41) is 0. The minimum atomic E-state index is 0.693. The van der Waals surface area contributed by atoms with Crippen molar-refractivity contribution in [2.24, 2.45) is 0 Å². The molecular formula is C15H13NO. The van der Waals surface area contributed by atoms with Gasteiger partial charge in [0.05, 0.1) is 5.70 Å². The predicted molar refractivity (Wildman–Crippen MR) is 66.8 cm³/mol. The van der Waals surface area contributed by atoms with Crippen LogP contribution in [0.2, 0.25) is 0 Å². The standard InChI is InChI=1S/C15H13NO/c1-4-11-10-12-5-3-9-17-15(12)13-6-2-8-16(7-1)14(11)13/h1-6,8H,7,9-10H2. The van der Waals surface area contributed by atoms with Gasteiger partial charge in [0.15, 0.2) is 0 Å². The van der Waals surface area contributed by atoms with Crippen LogP contribution in [0.3, 0.4) is 0 Å². The maximum Gasteiger partial charge on any atom is 0.132 e. The molecule has 0 aromatic rings. The largest absolute Gasteiger partial charge is 0.489 e. The first kappa shape index (κ1) is 9.11. The summed E-state index contributed by atoms with van der Waals surface area (Å²) in [5.74, 6) is 1.08. The summed E-state index contributed by atoms with van der Waals surface area (Å²) in [6, 6.07) is 0. The molecule has 0 unspecified atom stereocenters. The van der Waals surface area contributed by atoms with Crippen LogP contribution < -0.4 is 0 Å². The first-order valence-electron chi connectivity index (χ1n) is 6.01. The Labute approximate surface area is 101 Å². The fraction of sp³-hybridized carbons (Fsp3) is 0.200. The summed E-state index contributed by atoms with van der Waals surface area (Å²) in [6.45, 7) is 1.66. The molecule has 2 heteroatoms. The lowest BCUT2D eigenvalue weighted by Crippen LogP contribution is -2.28. The van der Waals surface area contributed by atoms with Crippen molar-refractivity contribution in [3.05, 3.63) is 70.8 Å². The molecule has 0 amide bonds. The molecule has 2 nitrogen and oxygen atoms in total. The zero-order valence-electron chi connectivity index (χ0n) is 9.52. The Kier molecular flexibility index (Phi) is 1.75. The number of allylic oxidation sites excluding steroid dienone is 6. The molecule has 0 aromatic carbocycles. The quantitative estimate of drug-likeness (QED) is 0.626. The van der Waals surface area contributed by atoms with Crippen molar-refractivity contribution in [1.82, 2.24) is 4.90 Å². The highest BCUT2D eigenvalue weighted by Crippen LogP contribution is 2.41. The van der Waals surface area contributed by atoms with E-state index < -0.39 is 0 Å². The third-order valence-electron chi connectivity index (χ3n) is 3.56. The van der Waals surface area contributed by atoms with Gasteiger partial charge < -0.3 is 9.64 Å². The number of rotatable bonds is 0. The van der Waals surface area contributed by atoms with E-state index in [4.69, 9.17) is 4.74 Å². The first-order chi connectivity index (χ1) is 8.43. The highest BCUT2D eigenvalue weighted by atomic mass is 16.5. The predicted octanol–water partition coefficient (Wildman–Crippen LogP) is 2.81. The van der Waals surface area contributed by atoms with E-state index in [-0.39, 0.29) is 0 Å². The van der Waals surface area contributed by atoms with Crippen molar-refractivity contribution < 1.29 is 4.74 Å². The molecule has 0 fully saturated rings. The van der Waals surface area contributed by atoms with Gasteiger partial charge in [-0.3, -0.25) is 0 Å². The fourth-order valence-electron chi connectivity index (χ4n) is 2.86. The third kappa shape index (κ3) is 1.21. The van der Waals surface area contributed by atoms with Crippen molar-refractivity contribution in [3.8, 4) is 0 Å². The highest BCUT2D eigenvalue weighted by Gasteiger charge is 2.30. The zero-order valence-corrected chi connectivity index (χ0v) is 9.52. The van der Waals surface area contributed by atoms with Crippen molar-refractivity contribution >= 4 is 0 Å². The number of fused-ring (bicyclic) bond motifs is 1. The van der Waals surface area contributed by atoms with E-state index in [2.05, 4.69) is 47.6 Å². The molecule has 0 aromatic heterocycles. The maximum atomic E-state index is 5.82. The lowest BCUT2D eigenvalue weighted by Gasteiger charge is -2.36. The van der Waals surface area contributed by atoms with Crippen LogP contribution in [0.1, 0.15) is 6.42 Å². The second-order valence-electron chi connectivity index (χ2n) is 4.59. The Bertz CT molecular complexity index is 570. The van der Waals surface area contributed by atoms with Crippen molar-refractivity contribution in [3.63, 3.8) is 0 Å².